The summed E-state index contributed by atoms with van der Waals surface area (Å²) in [5.74, 6) is 0.767. The topological polar surface area (TPSA) is 54.4 Å². The molecule has 0 atom stereocenters. The van der Waals surface area contributed by atoms with Crippen molar-refractivity contribution >= 4 is 5.69 Å². The number of anilines is 1. The van der Waals surface area contributed by atoms with E-state index < -0.39 is 0 Å². The Morgan fingerprint density at radius 2 is 2.00 bits per heavy atom. The largest absolute Gasteiger partial charge is 0.487 e. The molecule has 0 spiro atoms. The fourth-order valence-electron chi connectivity index (χ4n) is 1.56. The van der Waals surface area contributed by atoms with Crippen LogP contribution in [0.2, 0.25) is 0 Å². The van der Waals surface area contributed by atoms with E-state index >= 15 is 0 Å². The van der Waals surface area contributed by atoms with E-state index in [2.05, 4.69) is 10.3 Å². The number of aliphatic hydroxyl groups is 1. The van der Waals surface area contributed by atoms with E-state index in [0.29, 0.717) is 6.61 Å². The highest BCUT2D eigenvalue weighted by Gasteiger charge is 1.99. The van der Waals surface area contributed by atoms with Gasteiger partial charge in [-0.1, -0.05) is 12.1 Å². The Balaban J connectivity index is 1.97. The van der Waals surface area contributed by atoms with Crippen LogP contribution in [0.5, 0.6) is 5.75 Å². The Kier molecular flexibility index (Phi) is 4.15. The van der Waals surface area contributed by atoms with Crippen LogP contribution >= 0.6 is 0 Å². The Morgan fingerprint density at radius 3 is 2.67 bits per heavy atom. The molecule has 2 rings (SSSR count). The molecule has 1 heterocycles. The molecule has 0 saturated carbocycles. The van der Waals surface area contributed by atoms with Crippen molar-refractivity contribution in [3.05, 3.63) is 53.9 Å². The molecule has 18 heavy (non-hydrogen) atoms. The number of aromatic nitrogens is 1. The minimum Gasteiger partial charge on any atom is -0.487 e. The maximum atomic E-state index is 8.94. The van der Waals surface area contributed by atoms with Crippen molar-refractivity contribution in [1.29, 1.82) is 0 Å². The highest BCUT2D eigenvalue weighted by atomic mass is 16.5. The number of nitrogens with one attached hydrogen (secondary N) is 1. The standard InChI is InChI=1S/C14H16N2O2/c1-15-12-6-7-16-13(8-12)10-18-14-4-2-11(9-17)3-5-14/h2-8,17H,9-10H2,1H3,(H,15,16). The Bertz CT molecular complexity index is 497. The molecule has 4 heteroatoms. The zero-order valence-corrected chi connectivity index (χ0v) is 10.3. The first-order valence-electron chi connectivity index (χ1n) is 5.77. The van der Waals surface area contributed by atoms with Crippen LogP contribution in [0.15, 0.2) is 42.6 Å². The van der Waals surface area contributed by atoms with E-state index in [1.165, 1.54) is 0 Å². The third kappa shape index (κ3) is 3.21. The zero-order chi connectivity index (χ0) is 12.8. The third-order valence-electron chi connectivity index (χ3n) is 2.60. The summed E-state index contributed by atoms with van der Waals surface area (Å²) >= 11 is 0. The van der Waals surface area contributed by atoms with Crippen LogP contribution < -0.4 is 10.1 Å². The second kappa shape index (κ2) is 6.02. The predicted molar refractivity (Wildman–Crippen MR) is 70.5 cm³/mol. The summed E-state index contributed by atoms with van der Waals surface area (Å²) in [6.07, 6.45) is 1.75. The molecule has 0 bridgehead atoms. The molecule has 94 valence electrons. The van der Waals surface area contributed by atoms with Crippen LogP contribution in [0.1, 0.15) is 11.3 Å². The van der Waals surface area contributed by atoms with Crippen molar-refractivity contribution in [1.82, 2.24) is 4.98 Å². The van der Waals surface area contributed by atoms with Crippen LogP contribution in [0.3, 0.4) is 0 Å². The molecule has 0 aliphatic carbocycles. The molecule has 1 aromatic heterocycles. The van der Waals surface area contributed by atoms with Gasteiger partial charge in [0.2, 0.25) is 0 Å². The smallest absolute Gasteiger partial charge is 0.130 e. The van der Waals surface area contributed by atoms with Crippen molar-refractivity contribution < 1.29 is 9.84 Å². The Labute approximate surface area is 106 Å². The first kappa shape index (κ1) is 12.4. The maximum absolute atomic E-state index is 8.94. The quantitative estimate of drug-likeness (QED) is 0.846. The monoisotopic (exact) mass is 244 g/mol. The molecule has 0 unspecified atom stereocenters. The van der Waals surface area contributed by atoms with Crippen molar-refractivity contribution in [2.24, 2.45) is 0 Å². The van der Waals surface area contributed by atoms with Crippen molar-refractivity contribution in [3.8, 4) is 5.75 Å². The normalized spacial score (nSPS) is 10.1. The molecule has 0 fully saturated rings. The summed E-state index contributed by atoms with van der Waals surface area (Å²) in [4.78, 5) is 4.23. The Hall–Kier alpha value is -2.07. The molecular formula is C14H16N2O2. The number of hydrogen-bond donors (Lipinski definition) is 2. The summed E-state index contributed by atoms with van der Waals surface area (Å²) in [6.45, 7) is 0.472. The number of aliphatic hydroxyl groups excluding tert-OH is 1. The van der Waals surface area contributed by atoms with Gasteiger partial charge in [0.1, 0.15) is 12.4 Å². The molecule has 1 aromatic carbocycles. The lowest BCUT2D eigenvalue weighted by atomic mass is 10.2. The molecule has 2 N–H and O–H groups in total. The number of pyridine rings is 1. The van der Waals surface area contributed by atoms with E-state index in [0.717, 1.165) is 22.7 Å². The molecule has 2 aromatic rings. The molecule has 0 amide bonds. The molecule has 4 nitrogen and oxygen atoms in total. The summed E-state index contributed by atoms with van der Waals surface area (Å²) in [5.41, 5.74) is 2.75. The molecule has 0 radical (unpaired) electrons. The lowest BCUT2D eigenvalue weighted by molar-refractivity contribution is 0.280. The zero-order valence-electron chi connectivity index (χ0n) is 10.3. The highest BCUT2D eigenvalue weighted by molar-refractivity contribution is 5.42. The minimum atomic E-state index is 0.0477. The van der Waals surface area contributed by atoms with Gasteiger partial charge >= 0.3 is 0 Å². The fraction of sp³-hybridized carbons (Fsp3) is 0.214. The van der Waals surface area contributed by atoms with Crippen molar-refractivity contribution in [2.75, 3.05) is 12.4 Å². The third-order valence-corrected chi connectivity index (χ3v) is 2.60. The van der Waals surface area contributed by atoms with Crippen molar-refractivity contribution in [3.63, 3.8) is 0 Å². The van der Waals surface area contributed by atoms with Crippen LogP contribution in [0, 0.1) is 0 Å². The van der Waals surface area contributed by atoms with E-state index in [1.54, 1.807) is 6.20 Å². The Morgan fingerprint density at radius 1 is 1.22 bits per heavy atom. The number of nitrogens with zero attached hydrogens (tertiary/aromatic N) is 1. The van der Waals surface area contributed by atoms with Crippen LogP contribution in [-0.2, 0) is 13.2 Å². The predicted octanol–water partition coefficient (Wildman–Crippen LogP) is 2.19. The van der Waals surface area contributed by atoms with Gasteiger partial charge < -0.3 is 15.2 Å². The highest BCUT2D eigenvalue weighted by Crippen LogP contribution is 2.14. The first-order chi connectivity index (χ1) is 8.81. The van der Waals surface area contributed by atoms with Gasteiger partial charge in [-0.2, -0.15) is 0 Å². The minimum absolute atomic E-state index is 0.0477. The summed E-state index contributed by atoms with van der Waals surface area (Å²) < 4.78 is 5.62. The van der Waals surface area contributed by atoms with Gasteiger partial charge in [0.15, 0.2) is 0 Å². The first-order valence-corrected chi connectivity index (χ1v) is 5.77. The number of benzene rings is 1. The van der Waals surface area contributed by atoms with Crippen LogP contribution in [-0.4, -0.2) is 17.1 Å². The van der Waals surface area contributed by atoms with Gasteiger partial charge in [-0.05, 0) is 29.8 Å². The van der Waals surface area contributed by atoms with Gasteiger partial charge in [0.25, 0.3) is 0 Å². The summed E-state index contributed by atoms with van der Waals surface area (Å²) in [7, 11) is 1.87. The molecule has 0 aliphatic rings. The van der Waals surface area contributed by atoms with E-state index in [1.807, 2.05) is 43.4 Å². The van der Waals surface area contributed by atoms with Gasteiger partial charge in [-0.15, -0.1) is 0 Å². The van der Waals surface area contributed by atoms with E-state index in [-0.39, 0.29) is 6.61 Å². The van der Waals surface area contributed by atoms with Gasteiger partial charge in [-0.3, -0.25) is 4.98 Å². The summed E-state index contributed by atoms with van der Waals surface area (Å²) in [6, 6.07) is 11.2. The lowest BCUT2D eigenvalue weighted by Crippen LogP contribution is -1.99. The summed E-state index contributed by atoms with van der Waals surface area (Å²) in [5, 5.41) is 12.0. The van der Waals surface area contributed by atoms with Crippen LogP contribution in [0.25, 0.3) is 0 Å². The molecular weight excluding hydrogens is 228 g/mol. The second-order valence-corrected chi connectivity index (χ2v) is 3.88. The van der Waals surface area contributed by atoms with Gasteiger partial charge in [0, 0.05) is 18.9 Å². The average molecular weight is 244 g/mol. The second-order valence-electron chi connectivity index (χ2n) is 3.88. The number of ether oxygens (including phenoxy) is 1. The molecule has 0 aliphatic heterocycles. The van der Waals surface area contributed by atoms with Gasteiger partial charge in [0.05, 0.1) is 12.3 Å². The van der Waals surface area contributed by atoms with Crippen LogP contribution in [0.4, 0.5) is 5.69 Å². The number of rotatable bonds is 5. The SMILES string of the molecule is CNc1ccnc(COc2ccc(CO)cc2)c1. The maximum Gasteiger partial charge on any atom is 0.130 e. The lowest BCUT2D eigenvalue weighted by Gasteiger charge is -2.07. The van der Waals surface area contributed by atoms with Crippen molar-refractivity contribution in [2.45, 2.75) is 13.2 Å². The number of hydrogen-bond acceptors (Lipinski definition) is 4. The fourth-order valence-corrected chi connectivity index (χ4v) is 1.56. The van der Waals surface area contributed by atoms with E-state index in [9.17, 15) is 0 Å². The van der Waals surface area contributed by atoms with E-state index in [4.69, 9.17) is 9.84 Å². The van der Waals surface area contributed by atoms with Gasteiger partial charge in [-0.25, -0.2) is 0 Å². The molecule has 0 saturated heterocycles. The average Bonchev–Trinajstić information content (AvgIpc) is 2.46.